The monoisotopic (exact) mass is 447 g/mol. The minimum Gasteiger partial charge on any atom is -0.486 e. The number of nitrogen functional groups attached to an aromatic ring is 1. The molecule has 1 atom stereocenters. The predicted octanol–water partition coefficient (Wildman–Crippen LogP) is 1.94. The second kappa shape index (κ2) is 7.93. The highest BCUT2D eigenvalue weighted by Crippen LogP contribution is 2.37. The van der Waals surface area contributed by atoms with Crippen LogP contribution in [0.4, 0.5) is 22.4 Å². The summed E-state index contributed by atoms with van der Waals surface area (Å²) in [7, 11) is 0. The minimum absolute atomic E-state index is 0.0277. The fraction of sp³-hybridized carbons (Fsp3) is 0.227. The molecule has 2 aromatic carbocycles. The highest BCUT2D eigenvalue weighted by molar-refractivity contribution is 6.07. The first-order chi connectivity index (χ1) is 15.9. The van der Waals surface area contributed by atoms with Crippen molar-refractivity contribution in [3.05, 3.63) is 59.9 Å². The number of carbonyl (C=O) groups is 2. The van der Waals surface area contributed by atoms with E-state index in [1.807, 2.05) is 30.3 Å². The molecular weight excluding hydrogens is 426 g/mol. The number of hydrogen-bond donors (Lipinski definition) is 3. The van der Waals surface area contributed by atoms with Crippen molar-refractivity contribution in [3.63, 3.8) is 0 Å². The van der Waals surface area contributed by atoms with Crippen LogP contribution in [-0.4, -0.2) is 45.0 Å². The molecule has 1 unspecified atom stereocenters. The average molecular weight is 447 g/mol. The van der Waals surface area contributed by atoms with Gasteiger partial charge < -0.3 is 25.8 Å². The van der Waals surface area contributed by atoms with Crippen LogP contribution in [-0.2, 0) is 16.9 Å². The van der Waals surface area contributed by atoms with E-state index in [1.54, 1.807) is 25.1 Å². The Balaban J connectivity index is 1.39. The van der Waals surface area contributed by atoms with Gasteiger partial charge in [-0.3, -0.25) is 9.69 Å². The SMILES string of the molecule is CC1(c2ccc3c(c2)OCCO3)NC(=O)N(Cc2nc(N)nc(Nc3ccccc3)n2)C1=O. The Morgan fingerprint density at radius 1 is 1.06 bits per heavy atom. The van der Waals surface area contributed by atoms with Gasteiger partial charge in [-0.05, 0) is 36.8 Å². The van der Waals surface area contributed by atoms with Crippen molar-refractivity contribution < 1.29 is 19.1 Å². The summed E-state index contributed by atoms with van der Waals surface area (Å²) >= 11 is 0. The lowest BCUT2D eigenvalue weighted by Crippen LogP contribution is -2.41. The summed E-state index contributed by atoms with van der Waals surface area (Å²) in [6, 6.07) is 13.9. The number of nitrogens with one attached hydrogen (secondary N) is 2. The lowest BCUT2D eigenvalue weighted by Gasteiger charge is -2.25. The van der Waals surface area contributed by atoms with Crippen molar-refractivity contribution in [2.75, 3.05) is 24.3 Å². The zero-order valence-electron chi connectivity index (χ0n) is 17.7. The van der Waals surface area contributed by atoms with Gasteiger partial charge in [-0.2, -0.15) is 15.0 Å². The second-order valence-electron chi connectivity index (χ2n) is 7.73. The second-order valence-corrected chi connectivity index (χ2v) is 7.73. The zero-order valence-corrected chi connectivity index (χ0v) is 17.7. The number of para-hydroxylation sites is 1. The molecule has 168 valence electrons. The Bertz CT molecular complexity index is 1240. The van der Waals surface area contributed by atoms with E-state index < -0.39 is 17.5 Å². The molecule has 1 fully saturated rings. The number of imide groups is 1. The third kappa shape index (κ3) is 3.84. The van der Waals surface area contributed by atoms with Crippen LogP contribution in [0.25, 0.3) is 0 Å². The fourth-order valence-corrected chi connectivity index (χ4v) is 3.75. The molecule has 2 aliphatic heterocycles. The maximum atomic E-state index is 13.3. The van der Waals surface area contributed by atoms with Crippen LogP contribution in [0.15, 0.2) is 48.5 Å². The largest absolute Gasteiger partial charge is 0.486 e. The summed E-state index contributed by atoms with van der Waals surface area (Å²) in [5.74, 6) is 1.05. The van der Waals surface area contributed by atoms with E-state index in [0.29, 0.717) is 30.3 Å². The van der Waals surface area contributed by atoms with Crippen LogP contribution in [0.5, 0.6) is 11.5 Å². The summed E-state index contributed by atoms with van der Waals surface area (Å²) in [6.45, 7) is 2.35. The van der Waals surface area contributed by atoms with Crippen molar-refractivity contribution in [3.8, 4) is 11.5 Å². The van der Waals surface area contributed by atoms with Crippen LogP contribution in [0.1, 0.15) is 18.3 Å². The zero-order chi connectivity index (χ0) is 23.0. The van der Waals surface area contributed by atoms with Crippen molar-refractivity contribution >= 4 is 29.5 Å². The molecule has 4 N–H and O–H groups in total. The number of anilines is 3. The standard InChI is InChI=1S/C22H21N7O4/c1-22(13-7-8-15-16(11-13)33-10-9-32-15)18(30)29(21(31)28-22)12-17-25-19(23)27-20(26-17)24-14-5-3-2-4-6-14/h2-8,11H,9-10,12H2,1H3,(H,28,31)(H3,23,24,25,26,27). The maximum Gasteiger partial charge on any atom is 0.325 e. The van der Waals surface area contributed by atoms with Gasteiger partial charge in [-0.1, -0.05) is 24.3 Å². The van der Waals surface area contributed by atoms with Gasteiger partial charge in [-0.25, -0.2) is 4.79 Å². The molecule has 0 radical (unpaired) electrons. The van der Waals surface area contributed by atoms with Crippen LogP contribution < -0.4 is 25.8 Å². The summed E-state index contributed by atoms with van der Waals surface area (Å²) in [5.41, 5.74) is 5.89. The third-order valence-electron chi connectivity index (χ3n) is 5.42. The average Bonchev–Trinajstić information content (AvgIpc) is 3.03. The van der Waals surface area contributed by atoms with Crippen LogP contribution in [0.3, 0.4) is 0 Å². The summed E-state index contributed by atoms with van der Waals surface area (Å²) in [6.07, 6.45) is 0. The first-order valence-corrected chi connectivity index (χ1v) is 10.3. The number of hydrogen-bond acceptors (Lipinski definition) is 9. The smallest absolute Gasteiger partial charge is 0.325 e. The van der Waals surface area contributed by atoms with Gasteiger partial charge in [0.15, 0.2) is 17.3 Å². The minimum atomic E-state index is -1.28. The summed E-state index contributed by atoms with van der Waals surface area (Å²) in [4.78, 5) is 39.6. The Hall–Kier alpha value is -4.41. The van der Waals surface area contributed by atoms with Crippen LogP contribution >= 0.6 is 0 Å². The maximum absolute atomic E-state index is 13.3. The first-order valence-electron chi connectivity index (χ1n) is 10.3. The van der Waals surface area contributed by atoms with Gasteiger partial charge in [0.25, 0.3) is 5.91 Å². The number of nitrogens with zero attached hydrogens (tertiary/aromatic N) is 4. The molecule has 2 aliphatic rings. The Labute approximate surface area is 188 Å². The first kappa shape index (κ1) is 20.5. The molecule has 0 spiro atoms. The van der Waals surface area contributed by atoms with Gasteiger partial charge in [0.2, 0.25) is 11.9 Å². The number of aromatic nitrogens is 3. The lowest BCUT2D eigenvalue weighted by atomic mass is 9.91. The number of fused-ring (bicyclic) bond motifs is 1. The van der Waals surface area contributed by atoms with Crippen LogP contribution in [0.2, 0.25) is 0 Å². The van der Waals surface area contributed by atoms with Gasteiger partial charge in [0, 0.05) is 5.69 Å². The number of rotatable bonds is 5. The van der Waals surface area contributed by atoms with Crippen molar-refractivity contribution in [2.24, 2.45) is 0 Å². The molecule has 0 saturated carbocycles. The molecule has 33 heavy (non-hydrogen) atoms. The van der Waals surface area contributed by atoms with E-state index >= 15 is 0 Å². The van der Waals surface area contributed by atoms with E-state index in [0.717, 1.165) is 10.6 Å². The number of amides is 3. The molecule has 11 heteroatoms. The Morgan fingerprint density at radius 3 is 2.61 bits per heavy atom. The van der Waals surface area contributed by atoms with Crippen LogP contribution in [0, 0.1) is 0 Å². The fourth-order valence-electron chi connectivity index (χ4n) is 3.75. The molecule has 3 heterocycles. The van der Waals surface area contributed by atoms with E-state index in [1.165, 1.54) is 0 Å². The summed E-state index contributed by atoms with van der Waals surface area (Å²) in [5, 5.41) is 5.80. The number of urea groups is 1. The van der Waals surface area contributed by atoms with Gasteiger partial charge in [0.1, 0.15) is 18.8 Å². The molecule has 11 nitrogen and oxygen atoms in total. The highest BCUT2D eigenvalue weighted by Gasteiger charge is 2.49. The van der Waals surface area contributed by atoms with Crippen molar-refractivity contribution in [1.82, 2.24) is 25.2 Å². The predicted molar refractivity (Wildman–Crippen MR) is 118 cm³/mol. The molecule has 0 bridgehead atoms. The number of nitrogens with two attached hydrogens (primary N) is 1. The van der Waals surface area contributed by atoms with Gasteiger partial charge >= 0.3 is 6.03 Å². The Kier molecular flexibility index (Phi) is 4.93. The number of benzene rings is 2. The van der Waals surface area contributed by atoms with Crippen molar-refractivity contribution in [1.29, 1.82) is 0 Å². The molecule has 0 aliphatic carbocycles. The third-order valence-corrected chi connectivity index (χ3v) is 5.42. The number of ether oxygens (including phenoxy) is 2. The lowest BCUT2D eigenvalue weighted by molar-refractivity contribution is -0.131. The highest BCUT2D eigenvalue weighted by atomic mass is 16.6. The molecule has 3 aromatic rings. The summed E-state index contributed by atoms with van der Waals surface area (Å²) < 4.78 is 11.2. The Morgan fingerprint density at radius 2 is 1.82 bits per heavy atom. The van der Waals surface area contributed by atoms with E-state index in [9.17, 15) is 9.59 Å². The normalized spacial score (nSPS) is 19.4. The van der Waals surface area contributed by atoms with E-state index in [-0.39, 0.29) is 24.3 Å². The quantitative estimate of drug-likeness (QED) is 0.500. The molecular formula is C22H21N7O4. The molecule has 1 aromatic heterocycles. The van der Waals surface area contributed by atoms with E-state index in [4.69, 9.17) is 15.2 Å². The van der Waals surface area contributed by atoms with Gasteiger partial charge in [0.05, 0.1) is 6.54 Å². The molecule has 5 rings (SSSR count). The van der Waals surface area contributed by atoms with Gasteiger partial charge in [-0.15, -0.1) is 0 Å². The molecule has 1 saturated heterocycles. The molecule has 3 amide bonds. The van der Waals surface area contributed by atoms with Crippen molar-refractivity contribution in [2.45, 2.75) is 19.0 Å². The number of carbonyl (C=O) groups excluding carboxylic acids is 2. The van der Waals surface area contributed by atoms with E-state index in [2.05, 4.69) is 25.6 Å². The topological polar surface area (TPSA) is 145 Å².